The number of phosphoric ester groups is 1. The summed E-state index contributed by atoms with van der Waals surface area (Å²) >= 11 is 0. The van der Waals surface area contributed by atoms with E-state index in [0.29, 0.717) is 5.56 Å². The van der Waals surface area contributed by atoms with E-state index in [4.69, 9.17) is 19.3 Å². The molecular formula is C14H17N4O9P. The highest BCUT2D eigenvalue weighted by Gasteiger charge is 2.26. The zero-order valence-electron chi connectivity index (χ0n) is 15.0. The third kappa shape index (κ3) is 4.76. The highest BCUT2D eigenvalue weighted by molar-refractivity contribution is 7.46. The molecule has 3 N–H and O–H groups in total. The number of amides is 1. The Morgan fingerprint density at radius 2 is 1.86 bits per heavy atom. The molecule has 1 aromatic carbocycles. The van der Waals surface area contributed by atoms with Crippen molar-refractivity contribution in [3.63, 3.8) is 0 Å². The van der Waals surface area contributed by atoms with Crippen LogP contribution in [0, 0.1) is 10.1 Å². The molecule has 0 saturated carbocycles. The van der Waals surface area contributed by atoms with Gasteiger partial charge in [0.25, 0.3) is 5.91 Å². The quantitative estimate of drug-likeness (QED) is 0.315. The van der Waals surface area contributed by atoms with Crippen LogP contribution in [0.1, 0.15) is 16.1 Å². The van der Waals surface area contributed by atoms with Gasteiger partial charge in [-0.3, -0.25) is 14.6 Å². The highest BCUT2D eigenvalue weighted by atomic mass is 31.2. The topological polar surface area (TPSA) is 175 Å². The first-order valence-corrected chi connectivity index (χ1v) is 9.07. The van der Waals surface area contributed by atoms with Crippen molar-refractivity contribution in [3.05, 3.63) is 39.6 Å². The average molecular weight is 416 g/mol. The highest BCUT2D eigenvalue weighted by Crippen LogP contribution is 2.47. The van der Waals surface area contributed by atoms with Crippen LogP contribution in [0.5, 0.6) is 17.2 Å². The molecule has 0 unspecified atom stereocenters. The zero-order chi connectivity index (χ0) is 21.1. The maximum absolute atomic E-state index is 11.7. The van der Waals surface area contributed by atoms with Gasteiger partial charge in [0, 0.05) is 12.6 Å². The number of hydrogen-bond donors (Lipinski definition) is 3. The Morgan fingerprint density at radius 3 is 2.29 bits per heavy atom. The lowest BCUT2D eigenvalue weighted by atomic mass is 10.2. The van der Waals surface area contributed by atoms with Gasteiger partial charge in [0.05, 0.1) is 20.3 Å². The van der Waals surface area contributed by atoms with Crippen molar-refractivity contribution in [1.82, 2.24) is 15.1 Å². The fraction of sp³-hybridized carbons (Fsp3) is 0.286. The second-order valence-corrected chi connectivity index (χ2v) is 6.46. The van der Waals surface area contributed by atoms with E-state index in [1.54, 1.807) is 0 Å². The Bertz CT molecular complexity index is 927. The Labute approximate surface area is 158 Å². The van der Waals surface area contributed by atoms with Crippen LogP contribution in [0.25, 0.3) is 0 Å². The number of rotatable bonds is 8. The summed E-state index contributed by atoms with van der Waals surface area (Å²) in [7, 11) is -1.05. The Morgan fingerprint density at radius 1 is 1.29 bits per heavy atom. The van der Waals surface area contributed by atoms with Gasteiger partial charge in [-0.25, -0.2) is 4.57 Å². The van der Waals surface area contributed by atoms with Gasteiger partial charge in [0.2, 0.25) is 5.75 Å². The molecule has 0 radical (unpaired) electrons. The van der Waals surface area contributed by atoms with Crippen LogP contribution in [-0.4, -0.2) is 51.7 Å². The lowest BCUT2D eigenvalue weighted by Crippen LogP contribution is -2.18. The monoisotopic (exact) mass is 416 g/mol. The maximum Gasteiger partial charge on any atom is 0.525 e. The van der Waals surface area contributed by atoms with Crippen LogP contribution in [-0.2, 0) is 11.1 Å². The van der Waals surface area contributed by atoms with Crippen molar-refractivity contribution in [3.8, 4) is 17.2 Å². The SMILES string of the molecule is CNC(=O)c1cc([N+](=O)[O-])n(Cc2cc(OC)c(OP(=O)(O)O)c(OC)c2)n1. The molecule has 14 heteroatoms. The van der Waals surface area contributed by atoms with Gasteiger partial charge in [0.1, 0.15) is 6.54 Å². The summed E-state index contributed by atoms with van der Waals surface area (Å²) in [6, 6.07) is 3.72. The molecule has 0 spiro atoms. The number of hydrogen-bond acceptors (Lipinski definition) is 8. The Balaban J connectivity index is 2.49. The molecule has 28 heavy (non-hydrogen) atoms. The molecule has 2 rings (SSSR count). The van der Waals surface area contributed by atoms with Gasteiger partial charge < -0.3 is 29.4 Å². The van der Waals surface area contributed by atoms with Crippen molar-refractivity contribution in [1.29, 1.82) is 0 Å². The summed E-state index contributed by atoms with van der Waals surface area (Å²) in [6.07, 6.45) is 0. The number of phosphoric acid groups is 1. The van der Waals surface area contributed by atoms with Gasteiger partial charge in [-0.05, 0) is 17.1 Å². The molecule has 1 amide bonds. The minimum atomic E-state index is -4.89. The third-order valence-corrected chi connectivity index (χ3v) is 3.89. The number of benzene rings is 1. The summed E-state index contributed by atoms with van der Waals surface area (Å²) in [4.78, 5) is 40.3. The van der Waals surface area contributed by atoms with E-state index in [0.717, 1.165) is 10.7 Å². The van der Waals surface area contributed by atoms with E-state index in [9.17, 15) is 19.5 Å². The lowest BCUT2D eigenvalue weighted by molar-refractivity contribution is -0.392. The first-order chi connectivity index (χ1) is 13.1. The predicted molar refractivity (Wildman–Crippen MR) is 93.6 cm³/mol. The molecule has 0 atom stereocenters. The van der Waals surface area contributed by atoms with Crippen molar-refractivity contribution in [2.45, 2.75) is 6.54 Å². The summed E-state index contributed by atoms with van der Waals surface area (Å²) in [6.45, 7) is -0.157. The lowest BCUT2D eigenvalue weighted by Gasteiger charge is -2.15. The molecule has 13 nitrogen and oxygen atoms in total. The average Bonchev–Trinajstić information content (AvgIpc) is 3.04. The van der Waals surface area contributed by atoms with E-state index in [1.165, 1.54) is 33.4 Å². The molecule has 2 aromatic rings. The van der Waals surface area contributed by atoms with E-state index in [-0.39, 0.29) is 29.5 Å². The van der Waals surface area contributed by atoms with Crippen molar-refractivity contribution in [2.75, 3.05) is 21.3 Å². The van der Waals surface area contributed by atoms with Crippen LogP contribution >= 0.6 is 7.82 Å². The number of carbonyl (C=O) groups is 1. The van der Waals surface area contributed by atoms with Gasteiger partial charge in [-0.2, -0.15) is 0 Å². The third-order valence-electron chi connectivity index (χ3n) is 3.47. The van der Waals surface area contributed by atoms with Crippen LogP contribution in [0.3, 0.4) is 0 Å². The number of nitrogens with one attached hydrogen (secondary N) is 1. The van der Waals surface area contributed by atoms with Crippen molar-refractivity contribution < 1.29 is 38.1 Å². The number of nitro groups is 1. The van der Waals surface area contributed by atoms with Gasteiger partial charge in [0.15, 0.2) is 17.2 Å². The zero-order valence-corrected chi connectivity index (χ0v) is 15.9. The number of methoxy groups -OCH3 is 2. The smallest absolute Gasteiger partial charge is 0.493 e. The second kappa shape index (κ2) is 8.25. The number of ether oxygens (including phenoxy) is 2. The summed E-state index contributed by atoms with van der Waals surface area (Å²) in [5, 5.41) is 17.5. The molecule has 0 aliphatic rings. The fourth-order valence-corrected chi connectivity index (χ4v) is 2.73. The van der Waals surface area contributed by atoms with Gasteiger partial charge in [-0.1, -0.05) is 5.10 Å². The molecule has 1 heterocycles. The number of nitrogens with zero attached hydrogens (tertiary/aromatic N) is 3. The van der Waals surface area contributed by atoms with E-state index < -0.39 is 24.5 Å². The van der Waals surface area contributed by atoms with E-state index >= 15 is 0 Å². The van der Waals surface area contributed by atoms with Crippen LogP contribution in [0.4, 0.5) is 5.82 Å². The molecule has 0 aliphatic heterocycles. The summed E-state index contributed by atoms with van der Waals surface area (Å²) in [5.74, 6) is -1.49. The van der Waals surface area contributed by atoms with Crippen LogP contribution in [0.2, 0.25) is 0 Å². The number of carbonyl (C=O) groups excluding carboxylic acids is 1. The minimum absolute atomic E-state index is 0.0704. The number of aromatic nitrogens is 2. The maximum atomic E-state index is 11.7. The molecule has 152 valence electrons. The predicted octanol–water partition coefficient (Wildman–Crippen LogP) is 0.688. The van der Waals surface area contributed by atoms with Crippen molar-refractivity contribution >= 4 is 19.5 Å². The molecule has 0 fully saturated rings. The first-order valence-electron chi connectivity index (χ1n) is 7.54. The van der Waals surface area contributed by atoms with Crippen molar-refractivity contribution in [2.24, 2.45) is 0 Å². The summed E-state index contributed by atoms with van der Waals surface area (Å²) < 4.78 is 26.9. The molecular weight excluding hydrogens is 399 g/mol. The fourth-order valence-electron chi connectivity index (χ4n) is 2.32. The van der Waals surface area contributed by atoms with Crippen LogP contribution < -0.4 is 19.3 Å². The normalized spacial score (nSPS) is 11.0. The van der Waals surface area contributed by atoms with Gasteiger partial charge >= 0.3 is 13.6 Å². The molecule has 1 aromatic heterocycles. The Hall–Kier alpha value is -3.15. The largest absolute Gasteiger partial charge is 0.525 e. The van der Waals surface area contributed by atoms with E-state index in [2.05, 4.69) is 14.9 Å². The molecule has 0 aliphatic carbocycles. The minimum Gasteiger partial charge on any atom is -0.493 e. The standard InChI is InChI=1S/C14H17N4O9P/c1-15-14(19)9-6-12(18(20)21)17(16-9)7-8-4-10(25-2)13(11(5-8)26-3)27-28(22,23)24/h4-6H,7H2,1-3H3,(H,15,19)(H2,22,23,24). The molecule has 0 bridgehead atoms. The van der Waals surface area contributed by atoms with Crippen LogP contribution in [0.15, 0.2) is 18.2 Å². The first kappa shape index (κ1) is 21.2. The summed E-state index contributed by atoms with van der Waals surface area (Å²) in [5.41, 5.74) is 0.232. The molecule has 0 saturated heterocycles. The Kier molecular flexibility index (Phi) is 6.23. The second-order valence-electron chi connectivity index (χ2n) is 5.29. The van der Waals surface area contributed by atoms with E-state index in [1.807, 2.05) is 0 Å². The van der Waals surface area contributed by atoms with Gasteiger partial charge in [-0.15, -0.1) is 4.68 Å².